The van der Waals surface area contributed by atoms with Crippen LogP contribution in [0, 0.1) is 11.8 Å². The van der Waals surface area contributed by atoms with Crippen LogP contribution in [0.4, 0.5) is 11.4 Å². The molecule has 2 amide bonds. The molecule has 2 bridgehead atoms. The first-order chi connectivity index (χ1) is 14.5. The summed E-state index contributed by atoms with van der Waals surface area (Å²) in [6.45, 7) is 0.536. The van der Waals surface area contributed by atoms with Crippen molar-refractivity contribution in [2.45, 2.75) is 11.7 Å². The maximum atomic E-state index is 13.3. The number of rotatable bonds is 3. The molecule has 0 radical (unpaired) electrons. The fraction of sp³-hybridized carbons (Fsp3) is 0.273. The van der Waals surface area contributed by atoms with Crippen molar-refractivity contribution >= 4 is 34.8 Å². The molecule has 30 heavy (non-hydrogen) atoms. The van der Waals surface area contributed by atoms with Crippen LogP contribution in [0.5, 0.6) is 11.5 Å². The van der Waals surface area contributed by atoms with Gasteiger partial charge in [0.05, 0.1) is 24.5 Å². The lowest BCUT2D eigenvalue weighted by molar-refractivity contribution is -0.128. The van der Waals surface area contributed by atoms with Crippen molar-refractivity contribution in [2.24, 2.45) is 11.8 Å². The summed E-state index contributed by atoms with van der Waals surface area (Å²) in [4.78, 5) is 28.2. The second kappa shape index (κ2) is 6.23. The minimum absolute atomic E-state index is 0.116. The average molecular weight is 425 g/mol. The second-order valence-electron chi connectivity index (χ2n) is 7.86. The van der Waals surface area contributed by atoms with Crippen molar-refractivity contribution in [3.63, 3.8) is 0 Å². The molecule has 4 atom stereocenters. The Balaban J connectivity index is 1.28. The summed E-state index contributed by atoms with van der Waals surface area (Å²) in [6, 6.07) is 12.3. The van der Waals surface area contributed by atoms with Gasteiger partial charge in [0, 0.05) is 22.5 Å². The molecule has 2 fully saturated rings. The number of anilines is 2. The standard InChI is InChI=1S/C22H17ClN2O5/c23-12-1-4-14(5-2-12)25-10-22-8-7-16(30-22)18(19(22)21(25)27)20(26)24-13-3-6-15-17(9-13)29-11-28-15/h1-9,16,18-19H,10-11H2,(H,24,26)/t16-,18-,19+,22-/m1/s1. The third-order valence-corrected chi connectivity index (χ3v) is 6.43. The largest absolute Gasteiger partial charge is 0.454 e. The lowest BCUT2D eigenvalue weighted by atomic mass is 9.77. The quantitative estimate of drug-likeness (QED) is 0.766. The molecule has 1 spiro atoms. The maximum Gasteiger partial charge on any atom is 0.234 e. The number of ether oxygens (including phenoxy) is 3. The summed E-state index contributed by atoms with van der Waals surface area (Å²) in [5.41, 5.74) is 0.548. The zero-order valence-electron chi connectivity index (χ0n) is 15.7. The number of amides is 2. The molecule has 4 heterocycles. The Bertz CT molecular complexity index is 1100. The summed E-state index contributed by atoms with van der Waals surface area (Å²) in [5.74, 6) is -0.319. The Morgan fingerprint density at radius 3 is 2.77 bits per heavy atom. The predicted molar refractivity (Wildman–Crippen MR) is 109 cm³/mol. The number of carbonyl (C=O) groups excluding carboxylic acids is 2. The molecule has 2 aromatic carbocycles. The van der Waals surface area contributed by atoms with Crippen LogP contribution < -0.4 is 19.7 Å². The van der Waals surface area contributed by atoms with Crippen molar-refractivity contribution in [2.75, 3.05) is 23.6 Å². The van der Waals surface area contributed by atoms with E-state index in [4.69, 9.17) is 25.8 Å². The van der Waals surface area contributed by atoms with Gasteiger partial charge in [0.25, 0.3) is 0 Å². The van der Waals surface area contributed by atoms with E-state index in [1.165, 1.54) is 0 Å². The van der Waals surface area contributed by atoms with Gasteiger partial charge in [0.2, 0.25) is 18.6 Å². The van der Waals surface area contributed by atoms with E-state index in [-0.39, 0.29) is 18.6 Å². The number of fused-ring (bicyclic) bond motifs is 2. The van der Waals surface area contributed by atoms with E-state index in [1.807, 2.05) is 12.2 Å². The number of nitrogens with one attached hydrogen (secondary N) is 1. The lowest BCUT2D eigenvalue weighted by Gasteiger charge is -2.23. The Kier molecular flexibility index (Phi) is 3.70. The molecular formula is C22H17ClN2O5. The minimum Gasteiger partial charge on any atom is -0.454 e. The molecule has 152 valence electrons. The van der Waals surface area contributed by atoms with Crippen LogP contribution in [-0.4, -0.2) is 36.9 Å². The molecular weight excluding hydrogens is 408 g/mol. The Labute approximate surface area is 177 Å². The van der Waals surface area contributed by atoms with Gasteiger partial charge in [-0.05, 0) is 36.4 Å². The number of benzene rings is 2. The summed E-state index contributed by atoms with van der Waals surface area (Å²) < 4.78 is 16.8. The Morgan fingerprint density at radius 1 is 1.13 bits per heavy atom. The lowest BCUT2D eigenvalue weighted by Crippen LogP contribution is -2.41. The van der Waals surface area contributed by atoms with Crippen molar-refractivity contribution in [3.05, 3.63) is 59.6 Å². The minimum atomic E-state index is -0.779. The van der Waals surface area contributed by atoms with E-state index in [0.717, 1.165) is 5.69 Å². The van der Waals surface area contributed by atoms with Gasteiger partial charge in [-0.3, -0.25) is 9.59 Å². The van der Waals surface area contributed by atoms with Gasteiger partial charge >= 0.3 is 0 Å². The first-order valence-corrected chi connectivity index (χ1v) is 10.1. The van der Waals surface area contributed by atoms with E-state index in [2.05, 4.69) is 5.32 Å². The molecule has 0 aliphatic carbocycles. The van der Waals surface area contributed by atoms with Gasteiger partial charge in [-0.2, -0.15) is 0 Å². The third-order valence-electron chi connectivity index (χ3n) is 6.18. The van der Waals surface area contributed by atoms with Gasteiger partial charge in [0.15, 0.2) is 11.5 Å². The van der Waals surface area contributed by atoms with Crippen molar-refractivity contribution in [3.8, 4) is 11.5 Å². The highest BCUT2D eigenvalue weighted by Gasteiger charge is 2.67. The first-order valence-electron chi connectivity index (χ1n) is 9.69. The van der Waals surface area contributed by atoms with Gasteiger partial charge in [0.1, 0.15) is 5.60 Å². The molecule has 8 heteroatoms. The molecule has 2 saturated heterocycles. The molecule has 1 N–H and O–H groups in total. The smallest absolute Gasteiger partial charge is 0.234 e. The van der Waals surface area contributed by atoms with E-state index in [0.29, 0.717) is 28.8 Å². The zero-order valence-corrected chi connectivity index (χ0v) is 16.5. The van der Waals surface area contributed by atoms with E-state index in [9.17, 15) is 9.59 Å². The van der Waals surface area contributed by atoms with Crippen LogP contribution in [0.2, 0.25) is 5.02 Å². The monoisotopic (exact) mass is 424 g/mol. The summed E-state index contributed by atoms with van der Waals surface area (Å²) >= 11 is 5.98. The molecule has 6 rings (SSSR count). The summed E-state index contributed by atoms with van der Waals surface area (Å²) in [5, 5.41) is 3.51. The normalized spacial score (nSPS) is 30.1. The fourth-order valence-electron chi connectivity index (χ4n) is 4.84. The van der Waals surface area contributed by atoms with E-state index in [1.54, 1.807) is 47.4 Å². The number of hydrogen-bond acceptors (Lipinski definition) is 5. The number of hydrogen-bond donors (Lipinski definition) is 1. The van der Waals surface area contributed by atoms with Crippen LogP contribution in [0.3, 0.4) is 0 Å². The molecule has 4 aliphatic rings. The molecule has 0 aromatic heterocycles. The van der Waals surface area contributed by atoms with Crippen molar-refractivity contribution < 1.29 is 23.8 Å². The van der Waals surface area contributed by atoms with E-state index >= 15 is 0 Å². The average Bonchev–Trinajstić information content (AvgIpc) is 3.49. The molecule has 2 aromatic rings. The van der Waals surface area contributed by atoms with Crippen LogP contribution in [0.25, 0.3) is 0 Å². The molecule has 4 aliphatic heterocycles. The topological polar surface area (TPSA) is 77.1 Å². The van der Waals surface area contributed by atoms with Crippen LogP contribution >= 0.6 is 11.6 Å². The number of carbonyl (C=O) groups is 2. The van der Waals surface area contributed by atoms with Crippen molar-refractivity contribution in [1.29, 1.82) is 0 Å². The highest BCUT2D eigenvalue weighted by atomic mass is 35.5. The van der Waals surface area contributed by atoms with Gasteiger partial charge in [-0.15, -0.1) is 0 Å². The van der Waals surface area contributed by atoms with Gasteiger partial charge in [-0.1, -0.05) is 23.8 Å². The SMILES string of the molecule is O=C(Nc1ccc2c(c1)OCO2)[C@H]1[C@H]2C(=O)N(c3ccc(Cl)cc3)C[C@]23C=C[C@H]1O3. The molecule has 0 unspecified atom stereocenters. The van der Waals surface area contributed by atoms with E-state index < -0.39 is 23.5 Å². The van der Waals surface area contributed by atoms with Crippen LogP contribution in [0.15, 0.2) is 54.6 Å². The maximum absolute atomic E-state index is 13.3. The predicted octanol–water partition coefficient (Wildman–Crippen LogP) is 2.99. The second-order valence-corrected chi connectivity index (χ2v) is 8.29. The van der Waals surface area contributed by atoms with Gasteiger partial charge < -0.3 is 24.4 Å². The van der Waals surface area contributed by atoms with Crippen LogP contribution in [0.1, 0.15) is 0 Å². The molecule has 7 nitrogen and oxygen atoms in total. The highest BCUT2D eigenvalue weighted by Crippen LogP contribution is 2.53. The number of halogens is 1. The summed E-state index contributed by atoms with van der Waals surface area (Å²) in [6.07, 6.45) is 3.40. The van der Waals surface area contributed by atoms with Crippen molar-refractivity contribution in [1.82, 2.24) is 0 Å². The molecule has 0 saturated carbocycles. The third kappa shape index (κ3) is 2.49. The van der Waals surface area contributed by atoms with Crippen LogP contribution in [-0.2, 0) is 14.3 Å². The highest BCUT2D eigenvalue weighted by molar-refractivity contribution is 6.30. The Hall–Kier alpha value is -3.03. The fourth-order valence-corrected chi connectivity index (χ4v) is 4.96. The Morgan fingerprint density at radius 2 is 1.93 bits per heavy atom. The van der Waals surface area contributed by atoms with Gasteiger partial charge in [-0.25, -0.2) is 0 Å². The zero-order chi connectivity index (χ0) is 20.5. The first kappa shape index (κ1) is 17.8. The summed E-state index contributed by atoms with van der Waals surface area (Å²) in [7, 11) is 0. The number of nitrogens with zero attached hydrogens (tertiary/aromatic N) is 1.